The molecule has 0 spiro atoms. The second-order valence-electron chi connectivity index (χ2n) is 5.22. The van der Waals surface area contributed by atoms with Crippen LogP contribution < -0.4 is 10.5 Å². The normalized spacial score (nSPS) is 18.9. The summed E-state index contributed by atoms with van der Waals surface area (Å²) in [6, 6.07) is 2.09. The molecule has 94 valence electrons. The van der Waals surface area contributed by atoms with E-state index in [1.807, 2.05) is 13.8 Å². The molecule has 1 saturated carbocycles. The highest BCUT2D eigenvalue weighted by atomic mass is 16.5. The molecule has 3 nitrogen and oxygen atoms in total. The lowest BCUT2D eigenvalue weighted by Gasteiger charge is -2.24. The lowest BCUT2D eigenvalue weighted by atomic mass is 9.91. The van der Waals surface area contributed by atoms with E-state index >= 15 is 0 Å². The van der Waals surface area contributed by atoms with Gasteiger partial charge < -0.3 is 15.6 Å². The Hall–Kier alpha value is -1.06. The van der Waals surface area contributed by atoms with Crippen molar-refractivity contribution in [2.75, 3.05) is 7.11 Å². The predicted molar refractivity (Wildman–Crippen MR) is 68.3 cm³/mol. The molecule has 1 aromatic rings. The van der Waals surface area contributed by atoms with Crippen molar-refractivity contribution in [3.63, 3.8) is 0 Å². The second kappa shape index (κ2) is 4.00. The summed E-state index contributed by atoms with van der Waals surface area (Å²) >= 11 is 0. The fourth-order valence-corrected chi connectivity index (χ4v) is 2.38. The minimum absolute atomic E-state index is 0.445. The molecule has 0 aliphatic heterocycles. The topological polar surface area (TPSA) is 55.5 Å². The predicted octanol–water partition coefficient (Wildman–Crippen LogP) is 2.15. The minimum Gasteiger partial charge on any atom is -0.496 e. The minimum atomic E-state index is -0.628. The summed E-state index contributed by atoms with van der Waals surface area (Å²) in [4.78, 5) is 0. The summed E-state index contributed by atoms with van der Waals surface area (Å²) in [5.41, 5.74) is 9.82. The molecule has 0 bridgehead atoms. The zero-order chi connectivity index (χ0) is 12.8. The summed E-state index contributed by atoms with van der Waals surface area (Å²) in [7, 11) is 1.65. The van der Waals surface area contributed by atoms with Gasteiger partial charge in [0.05, 0.1) is 7.11 Å². The average Bonchev–Trinajstić information content (AvgIpc) is 3.02. The molecule has 1 fully saturated rings. The summed E-state index contributed by atoms with van der Waals surface area (Å²) in [6.45, 7) is 6.07. The smallest absolute Gasteiger partial charge is 0.128 e. The monoisotopic (exact) mass is 235 g/mol. The number of methoxy groups -OCH3 is 1. The van der Waals surface area contributed by atoms with Crippen LogP contribution >= 0.6 is 0 Å². The van der Waals surface area contributed by atoms with Crippen molar-refractivity contribution in [1.82, 2.24) is 0 Å². The molecular weight excluding hydrogens is 214 g/mol. The molecule has 1 atom stereocenters. The Labute approximate surface area is 103 Å². The third-order valence-corrected chi connectivity index (χ3v) is 3.88. The lowest BCUT2D eigenvalue weighted by molar-refractivity contribution is 0.131. The van der Waals surface area contributed by atoms with Gasteiger partial charge in [0.15, 0.2) is 0 Å². The van der Waals surface area contributed by atoms with E-state index in [0.29, 0.717) is 0 Å². The van der Waals surface area contributed by atoms with Crippen molar-refractivity contribution in [3.05, 3.63) is 28.3 Å². The molecule has 1 aliphatic carbocycles. The number of aryl methyl sites for hydroxylation is 2. The Morgan fingerprint density at radius 3 is 2.35 bits per heavy atom. The molecule has 0 aromatic heterocycles. The van der Waals surface area contributed by atoms with E-state index < -0.39 is 11.6 Å². The van der Waals surface area contributed by atoms with E-state index in [1.54, 1.807) is 7.11 Å². The van der Waals surface area contributed by atoms with Gasteiger partial charge in [0.1, 0.15) is 11.9 Å². The van der Waals surface area contributed by atoms with Crippen molar-refractivity contribution >= 4 is 0 Å². The molecule has 3 heteroatoms. The fourth-order valence-electron chi connectivity index (χ4n) is 2.38. The largest absolute Gasteiger partial charge is 0.496 e. The second-order valence-corrected chi connectivity index (χ2v) is 5.22. The summed E-state index contributed by atoms with van der Waals surface area (Å²) in [6.07, 6.45) is 1.13. The maximum atomic E-state index is 10.4. The average molecular weight is 235 g/mol. The number of ether oxygens (including phenoxy) is 1. The maximum Gasteiger partial charge on any atom is 0.128 e. The van der Waals surface area contributed by atoms with Gasteiger partial charge in [-0.15, -0.1) is 0 Å². The number of nitrogens with two attached hydrogens (primary N) is 1. The molecule has 1 unspecified atom stereocenters. The van der Waals surface area contributed by atoms with Gasteiger partial charge in [0, 0.05) is 11.1 Å². The molecular formula is C14H21NO2. The van der Waals surface area contributed by atoms with Crippen molar-refractivity contribution in [3.8, 4) is 5.75 Å². The van der Waals surface area contributed by atoms with Crippen LogP contribution in [0.15, 0.2) is 6.07 Å². The van der Waals surface area contributed by atoms with Gasteiger partial charge >= 0.3 is 0 Å². The van der Waals surface area contributed by atoms with Crippen LogP contribution in [0.2, 0.25) is 0 Å². The fraction of sp³-hybridized carbons (Fsp3) is 0.571. The molecule has 3 N–H and O–H groups in total. The maximum absolute atomic E-state index is 10.4. The van der Waals surface area contributed by atoms with E-state index in [-0.39, 0.29) is 0 Å². The van der Waals surface area contributed by atoms with Gasteiger partial charge in [-0.1, -0.05) is 6.07 Å². The number of rotatable bonds is 3. The molecule has 0 radical (unpaired) electrons. The molecule has 2 rings (SSSR count). The van der Waals surface area contributed by atoms with E-state index in [4.69, 9.17) is 10.5 Å². The zero-order valence-electron chi connectivity index (χ0n) is 11.0. The number of benzene rings is 1. The van der Waals surface area contributed by atoms with Crippen LogP contribution in [0.5, 0.6) is 5.75 Å². The SMILES string of the molecule is COc1c(C)c(C)cc(C)c1C(O)C1(N)CC1. The summed E-state index contributed by atoms with van der Waals surface area (Å²) in [5.74, 6) is 0.784. The van der Waals surface area contributed by atoms with Crippen LogP contribution in [0.4, 0.5) is 0 Å². The van der Waals surface area contributed by atoms with E-state index in [0.717, 1.165) is 35.3 Å². The quantitative estimate of drug-likeness (QED) is 0.844. The number of aliphatic hydroxyl groups is 1. The lowest BCUT2D eigenvalue weighted by Crippen LogP contribution is -2.31. The highest BCUT2D eigenvalue weighted by Gasteiger charge is 2.47. The Bertz CT molecular complexity index is 450. The third kappa shape index (κ3) is 1.94. The first kappa shape index (κ1) is 12.4. The zero-order valence-corrected chi connectivity index (χ0v) is 11.0. The summed E-state index contributed by atoms with van der Waals surface area (Å²) in [5, 5.41) is 10.4. The molecule has 0 heterocycles. The van der Waals surface area contributed by atoms with Crippen LogP contribution in [-0.2, 0) is 0 Å². The number of aliphatic hydroxyl groups excluding tert-OH is 1. The Kier molecular flexibility index (Phi) is 2.92. The standard InChI is InChI=1S/C14H21NO2/c1-8-7-9(2)11(12(17-4)10(8)3)13(16)14(15)5-6-14/h7,13,16H,5-6,15H2,1-4H3. The van der Waals surface area contributed by atoms with Crippen LogP contribution in [0.3, 0.4) is 0 Å². The van der Waals surface area contributed by atoms with E-state index in [2.05, 4.69) is 13.0 Å². The first-order chi connectivity index (χ1) is 7.90. The van der Waals surface area contributed by atoms with Crippen molar-refractivity contribution < 1.29 is 9.84 Å². The highest BCUT2D eigenvalue weighted by Crippen LogP contribution is 2.47. The van der Waals surface area contributed by atoms with Crippen LogP contribution in [0.25, 0.3) is 0 Å². The van der Waals surface area contributed by atoms with Crippen molar-refractivity contribution in [2.24, 2.45) is 5.73 Å². The van der Waals surface area contributed by atoms with E-state index in [1.165, 1.54) is 5.56 Å². The first-order valence-electron chi connectivity index (χ1n) is 6.02. The van der Waals surface area contributed by atoms with Gasteiger partial charge in [-0.2, -0.15) is 0 Å². The number of hydrogen-bond acceptors (Lipinski definition) is 3. The molecule has 0 saturated heterocycles. The third-order valence-electron chi connectivity index (χ3n) is 3.88. The van der Waals surface area contributed by atoms with E-state index in [9.17, 15) is 5.11 Å². The van der Waals surface area contributed by atoms with Crippen molar-refractivity contribution in [2.45, 2.75) is 45.3 Å². The van der Waals surface area contributed by atoms with Crippen LogP contribution in [0, 0.1) is 20.8 Å². The Morgan fingerprint density at radius 2 is 1.88 bits per heavy atom. The van der Waals surface area contributed by atoms with Gasteiger partial charge in [-0.25, -0.2) is 0 Å². The van der Waals surface area contributed by atoms with Gasteiger partial charge in [0.2, 0.25) is 0 Å². The number of hydrogen-bond donors (Lipinski definition) is 2. The van der Waals surface area contributed by atoms with Gasteiger partial charge in [-0.3, -0.25) is 0 Å². The van der Waals surface area contributed by atoms with Crippen LogP contribution in [-0.4, -0.2) is 17.8 Å². The molecule has 17 heavy (non-hydrogen) atoms. The van der Waals surface area contributed by atoms with Gasteiger partial charge in [0.25, 0.3) is 0 Å². The summed E-state index contributed by atoms with van der Waals surface area (Å²) < 4.78 is 5.47. The van der Waals surface area contributed by atoms with Gasteiger partial charge in [-0.05, 0) is 50.3 Å². The highest BCUT2D eigenvalue weighted by molar-refractivity contribution is 5.52. The molecule has 1 aromatic carbocycles. The Balaban J connectivity index is 2.55. The first-order valence-corrected chi connectivity index (χ1v) is 6.02. The molecule has 1 aliphatic rings. The van der Waals surface area contributed by atoms with Crippen molar-refractivity contribution in [1.29, 1.82) is 0 Å². The van der Waals surface area contributed by atoms with Crippen LogP contribution in [0.1, 0.15) is 41.2 Å². The Morgan fingerprint density at radius 1 is 1.29 bits per heavy atom. The molecule has 0 amide bonds.